The topological polar surface area (TPSA) is 129 Å². The number of carbonyl (C=O) groups excluding carboxylic acids is 1. The Morgan fingerprint density at radius 1 is 1.09 bits per heavy atom. The van der Waals surface area contributed by atoms with Gasteiger partial charge in [0.15, 0.2) is 5.69 Å². The van der Waals surface area contributed by atoms with E-state index in [1.165, 1.54) is 36.9 Å². The molecule has 1 amide bonds. The molecule has 10 heteroatoms. The number of benzene rings is 2. The van der Waals surface area contributed by atoms with Crippen LogP contribution in [0.15, 0.2) is 64.2 Å². The fourth-order valence-corrected chi connectivity index (χ4v) is 3.50. The summed E-state index contributed by atoms with van der Waals surface area (Å²) >= 11 is 0. The highest BCUT2D eigenvalue weighted by Crippen LogP contribution is 2.25. The van der Waals surface area contributed by atoms with Gasteiger partial charge in [-0.15, -0.1) is 0 Å². The second kappa shape index (κ2) is 11.7. The lowest BCUT2D eigenvalue weighted by molar-refractivity contribution is -0.114. The Morgan fingerprint density at radius 3 is 2.49 bits per heavy atom. The molecule has 0 saturated heterocycles. The van der Waals surface area contributed by atoms with Crippen molar-refractivity contribution >= 4 is 23.5 Å². The van der Waals surface area contributed by atoms with Crippen molar-refractivity contribution in [3.05, 3.63) is 86.6 Å². The third kappa shape index (κ3) is 5.98. The number of methoxy groups -OCH3 is 3. The zero-order valence-corrected chi connectivity index (χ0v) is 19.8. The number of aromatic nitrogens is 2. The lowest BCUT2D eigenvalue weighted by Gasteiger charge is -2.23. The molecule has 1 heterocycles. The number of nitrogens with two attached hydrogens (primary N) is 1. The summed E-state index contributed by atoms with van der Waals surface area (Å²) in [5.41, 5.74) is 6.11. The van der Waals surface area contributed by atoms with Gasteiger partial charge in [-0.05, 0) is 29.8 Å². The highest BCUT2D eigenvalue weighted by molar-refractivity contribution is 6.05. The summed E-state index contributed by atoms with van der Waals surface area (Å²) in [5, 5.41) is 0. The van der Waals surface area contributed by atoms with Gasteiger partial charge >= 0.3 is 5.69 Å². The molecule has 1 aromatic heterocycles. The first-order chi connectivity index (χ1) is 16.9. The lowest BCUT2D eigenvalue weighted by atomic mass is 10.1. The molecule has 0 aliphatic rings. The van der Waals surface area contributed by atoms with Crippen LogP contribution in [0.4, 0.5) is 11.5 Å². The minimum atomic E-state index is -0.770. The molecule has 184 valence electrons. The predicted molar refractivity (Wildman–Crippen MR) is 134 cm³/mol. The largest absolute Gasteiger partial charge is 0.497 e. The molecule has 0 atom stereocenters. The van der Waals surface area contributed by atoms with Crippen LogP contribution >= 0.6 is 0 Å². The third-order valence-corrected chi connectivity index (χ3v) is 5.29. The van der Waals surface area contributed by atoms with Crippen molar-refractivity contribution in [3.63, 3.8) is 0 Å². The maximum atomic E-state index is 13.3. The van der Waals surface area contributed by atoms with E-state index in [-0.39, 0.29) is 31.2 Å². The number of aromatic amines is 1. The second-order valence-electron chi connectivity index (χ2n) is 7.49. The Bertz CT molecular complexity index is 1310. The summed E-state index contributed by atoms with van der Waals surface area (Å²) in [6, 6.07) is 14.3. The second-order valence-corrected chi connectivity index (χ2v) is 7.49. The summed E-state index contributed by atoms with van der Waals surface area (Å²) in [7, 11) is 4.53. The Kier molecular flexibility index (Phi) is 8.47. The van der Waals surface area contributed by atoms with E-state index in [2.05, 4.69) is 4.98 Å². The average Bonchev–Trinajstić information content (AvgIpc) is 2.87. The van der Waals surface area contributed by atoms with Crippen LogP contribution < -0.4 is 31.4 Å². The van der Waals surface area contributed by atoms with Gasteiger partial charge < -0.3 is 19.9 Å². The molecule has 3 N–H and O–H groups in total. The smallest absolute Gasteiger partial charge is 0.330 e. The summed E-state index contributed by atoms with van der Waals surface area (Å²) in [5.74, 6) is 0.461. The van der Waals surface area contributed by atoms with Crippen molar-refractivity contribution in [3.8, 4) is 11.5 Å². The van der Waals surface area contributed by atoms with Crippen LogP contribution in [-0.2, 0) is 16.1 Å². The molecule has 0 aliphatic carbocycles. The van der Waals surface area contributed by atoms with E-state index in [4.69, 9.17) is 19.9 Å². The summed E-state index contributed by atoms with van der Waals surface area (Å²) < 4.78 is 16.9. The van der Waals surface area contributed by atoms with Gasteiger partial charge in [0.25, 0.3) is 11.5 Å². The van der Waals surface area contributed by atoms with Gasteiger partial charge in [-0.25, -0.2) is 4.79 Å². The molecule has 0 bridgehead atoms. The van der Waals surface area contributed by atoms with Gasteiger partial charge in [0.05, 0.1) is 27.4 Å². The Labute approximate surface area is 202 Å². The van der Waals surface area contributed by atoms with Crippen LogP contribution in [-0.4, -0.2) is 49.9 Å². The molecule has 0 fully saturated rings. The highest BCUT2D eigenvalue weighted by Gasteiger charge is 2.23. The van der Waals surface area contributed by atoms with E-state index in [1.807, 2.05) is 30.3 Å². The number of ether oxygens (including phenoxy) is 3. The fraction of sp³-hybridized carbons (Fsp3) is 0.240. The van der Waals surface area contributed by atoms with E-state index < -0.39 is 17.2 Å². The molecule has 2 aromatic carbocycles. The number of nitrogen functional groups attached to an aromatic ring is 1. The standard InChI is InChI=1S/C25H28N4O6/c1-33-14-13-28(21(30)12-9-18-15-19(34-2)10-11-20(18)35-3)22-23(26)29(25(32)27-24(22)31)16-17-7-5-4-6-8-17/h4-12,15H,13-14,16,26H2,1-3H3,(H,27,31,32). The van der Waals surface area contributed by atoms with Gasteiger partial charge in [-0.3, -0.25) is 24.0 Å². The maximum Gasteiger partial charge on any atom is 0.330 e. The highest BCUT2D eigenvalue weighted by atomic mass is 16.5. The summed E-state index contributed by atoms with van der Waals surface area (Å²) in [6.07, 6.45) is 2.84. The van der Waals surface area contributed by atoms with Gasteiger partial charge in [0.1, 0.15) is 17.3 Å². The van der Waals surface area contributed by atoms with Crippen LogP contribution in [0.3, 0.4) is 0 Å². The van der Waals surface area contributed by atoms with Crippen LogP contribution in [0.25, 0.3) is 6.08 Å². The average molecular weight is 481 g/mol. The van der Waals surface area contributed by atoms with Crippen molar-refractivity contribution in [1.82, 2.24) is 9.55 Å². The number of H-pyrrole nitrogens is 1. The van der Waals surface area contributed by atoms with E-state index in [1.54, 1.807) is 24.3 Å². The molecule has 0 unspecified atom stereocenters. The van der Waals surface area contributed by atoms with Crippen LogP contribution in [0.1, 0.15) is 11.1 Å². The van der Waals surface area contributed by atoms with E-state index >= 15 is 0 Å². The van der Waals surface area contributed by atoms with Crippen LogP contribution in [0.5, 0.6) is 11.5 Å². The Balaban J connectivity index is 2.02. The van der Waals surface area contributed by atoms with Crippen LogP contribution in [0.2, 0.25) is 0 Å². The Hall–Kier alpha value is -4.31. The minimum absolute atomic E-state index is 0.0335. The molecule has 0 radical (unpaired) electrons. The van der Waals surface area contributed by atoms with Crippen molar-refractivity contribution < 1.29 is 19.0 Å². The maximum absolute atomic E-state index is 13.3. The van der Waals surface area contributed by atoms with Crippen molar-refractivity contribution in [2.45, 2.75) is 6.54 Å². The first-order valence-corrected chi connectivity index (χ1v) is 10.8. The summed E-state index contributed by atoms with van der Waals surface area (Å²) in [6.45, 7) is 0.295. The van der Waals surface area contributed by atoms with Crippen molar-refractivity contribution in [2.75, 3.05) is 45.1 Å². The number of hydrogen-bond donors (Lipinski definition) is 2. The predicted octanol–water partition coefficient (Wildman–Crippen LogP) is 1.88. The van der Waals surface area contributed by atoms with Crippen molar-refractivity contribution in [1.29, 1.82) is 0 Å². The molecular formula is C25H28N4O6. The van der Waals surface area contributed by atoms with Gasteiger partial charge in [0.2, 0.25) is 0 Å². The van der Waals surface area contributed by atoms with Gasteiger partial charge in [0, 0.05) is 25.3 Å². The first kappa shape index (κ1) is 25.3. The molecule has 35 heavy (non-hydrogen) atoms. The van der Waals surface area contributed by atoms with E-state index in [9.17, 15) is 14.4 Å². The zero-order valence-electron chi connectivity index (χ0n) is 19.8. The first-order valence-electron chi connectivity index (χ1n) is 10.8. The van der Waals surface area contributed by atoms with Gasteiger partial charge in [-0.2, -0.15) is 0 Å². The quantitative estimate of drug-likeness (QED) is 0.424. The number of anilines is 2. The number of hydrogen-bond acceptors (Lipinski definition) is 7. The monoisotopic (exact) mass is 480 g/mol. The number of amides is 1. The van der Waals surface area contributed by atoms with Crippen molar-refractivity contribution in [2.24, 2.45) is 0 Å². The lowest BCUT2D eigenvalue weighted by Crippen LogP contribution is -2.42. The minimum Gasteiger partial charge on any atom is -0.497 e. The Morgan fingerprint density at radius 2 is 1.83 bits per heavy atom. The number of carbonyl (C=O) groups is 1. The van der Waals surface area contributed by atoms with E-state index in [0.29, 0.717) is 17.1 Å². The van der Waals surface area contributed by atoms with Crippen LogP contribution in [0, 0.1) is 0 Å². The molecule has 3 rings (SSSR count). The number of nitrogens with one attached hydrogen (secondary N) is 1. The molecule has 10 nitrogen and oxygen atoms in total. The zero-order chi connectivity index (χ0) is 25.4. The fourth-order valence-electron chi connectivity index (χ4n) is 3.50. The molecule has 3 aromatic rings. The summed E-state index contributed by atoms with van der Waals surface area (Å²) in [4.78, 5) is 42.0. The van der Waals surface area contributed by atoms with E-state index in [0.717, 1.165) is 5.56 Å². The normalized spacial score (nSPS) is 10.9. The van der Waals surface area contributed by atoms with Gasteiger partial charge in [-0.1, -0.05) is 30.3 Å². The number of nitrogens with zero attached hydrogens (tertiary/aromatic N) is 2. The molecule has 0 spiro atoms. The molecule has 0 saturated carbocycles. The number of rotatable bonds is 10. The molecule has 0 aliphatic heterocycles. The SMILES string of the molecule is COCCN(C(=O)C=Cc1cc(OC)ccc1OC)c1c(N)n(Cc2ccccc2)c(=O)[nH]c1=O. The third-order valence-electron chi connectivity index (χ3n) is 5.29. The molecular weight excluding hydrogens is 452 g/mol.